The number of hydrogen-bond donors (Lipinski definition) is 4. The standard InChI is InChI=1S/C32H31N5O9/c1-19(38)32(29(44)45,36(23-11-7-4-8-12-23)27(42)24(33)17-25(39)40)37-28(43)31(2,22-15-13-21(14-16-22)26(34)41)35(30(37)46)18-20-9-5-3-6-10-20/h3-16,24H,17-18,33H2,1-2H3,(H2,34,41)(H,39,40)(H,44,45)/t24-,31-,32+/m0/s1. The largest absolute Gasteiger partial charge is 0.481 e. The molecule has 1 aliphatic heterocycles. The van der Waals surface area contributed by atoms with Crippen LogP contribution in [0.2, 0.25) is 0 Å². The van der Waals surface area contributed by atoms with Crippen molar-refractivity contribution in [2.75, 3.05) is 4.90 Å². The van der Waals surface area contributed by atoms with E-state index in [4.69, 9.17) is 11.5 Å². The second-order valence-corrected chi connectivity index (χ2v) is 10.8. The quantitative estimate of drug-likeness (QED) is 0.168. The summed E-state index contributed by atoms with van der Waals surface area (Å²) in [5.74, 6) is -8.19. The van der Waals surface area contributed by atoms with Crippen LogP contribution in [0, 0.1) is 0 Å². The Hall–Kier alpha value is -5.89. The fraction of sp³-hybridized carbons (Fsp3) is 0.219. The molecular formula is C32H31N5O9. The molecule has 0 unspecified atom stereocenters. The molecule has 4 rings (SSSR count). The van der Waals surface area contributed by atoms with Crippen LogP contribution >= 0.6 is 0 Å². The number of Topliss-reactive ketones (excluding diaryl/α,β-unsaturated/α-hetero) is 1. The predicted octanol–water partition coefficient (Wildman–Crippen LogP) is 1.67. The van der Waals surface area contributed by atoms with E-state index in [2.05, 4.69) is 0 Å². The normalized spacial score (nSPS) is 18.1. The Kier molecular flexibility index (Phi) is 9.05. The van der Waals surface area contributed by atoms with E-state index in [0.29, 0.717) is 10.5 Å². The van der Waals surface area contributed by atoms with Crippen LogP contribution in [0.3, 0.4) is 0 Å². The number of imide groups is 1. The lowest BCUT2D eigenvalue weighted by molar-refractivity contribution is -0.162. The number of carboxylic acids is 2. The molecule has 1 heterocycles. The first-order valence-corrected chi connectivity index (χ1v) is 13.9. The van der Waals surface area contributed by atoms with Crippen molar-refractivity contribution in [3.05, 3.63) is 102 Å². The van der Waals surface area contributed by atoms with Gasteiger partial charge in [0.25, 0.3) is 11.6 Å². The zero-order valence-corrected chi connectivity index (χ0v) is 24.8. The van der Waals surface area contributed by atoms with Crippen molar-refractivity contribution >= 4 is 47.2 Å². The summed E-state index contributed by atoms with van der Waals surface area (Å²) in [7, 11) is 0. The van der Waals surface area contributed by atoms with Crippen molar-refractivity contribution < 1.29 is 43.8 Å². The van der Waals surface area contributed by atoms with Crippen molar-refractivity contribution in [1.29, 1.82) is 0 Å². The van der Waals surface area contributed by atoms with E-state index in [-0.39, 0.29) is 28.3 Å². The van der Waals surface area contributed by atoms with Gasteiger partial charge in [-0.2, -0.15) is 0 Å². The van der Waals surface area contributed by atoms with Gasteiger partial charge in [0.05, 0.1) is 12.5 Å². The lowest BCUT2D eigenvalue weighted by Crippen LogP contribution is -2.74. The number of carbonyl (C=O) groups excluding carboxylic acids is 5. The summed E-state index contributed by atoms with van der Waals surface area (Å²) in [5.41, 5.74) is 6.46. The Bertz CT molecular complexity index is 1700. The van der Waals surface area contributed by atoms with Crippen LogP contribution in [0.15, 0.2) is 84.9 Å². The first-order valence-electron chi connectivity index (χ1n) is 13.9. The highest BCUT2D eigenvalue weighted by molar-refractivity contribution is 6.24. The number of nitrogens with zero attached hydrogens (tertiary/aromatic N) is 3. The van der Waals surface area contributed by atoms with Gasteiger partial charge in [0.1, 0.15) is 5.54 Å². The molecule has 0 aliphatic carbocycles. The molecule has 3 aromatic carbocycles. The zero-order chi connectivity index (χ0) is 34.0. The maximum Gasteiger partial charge on any atom is 0.360 e. The number of carboxylic acid groups (broad SMARTS) is 2. The zero-order valence-electron chi connectivity index (χ0n) is 24.8. The van der Waals surface area contributed by atoms with Crippen LogP contribution in [-0.4, -0.2) is 73.2 Å². The number of aliphatic carboxylic acids is 2. The van der Waals surface area contributed by atoms with E-state index in [1.165, 1.54) is 61.5 Å². The smallest absolute Gasteiger partial charge is 0.360 e. The highest BCUT2D eigenvalue weighted by atomic mass is 16.4. The summed E-state index contributed by atoms with van der Waals surface area (Å²) in [6, 6.07) is 17.5. The molecule has 0 saturated carbocycles. The molecule has 46 heavy (non-hydrogen) atoms. The third kappa shape index (κ3) is 5.45. The minimum atomic E-state index is -3.36. The maximum atomic E-state index is 14.7. The van der Waals surface area contributed by atoms with E-state index in [1.54, 1.807) is 30.3 Å². The lowest BCUT2D eigenvalue weighted by atomic mass is 9.88. The maximum absolute atomic E-state index is 14.7. The second kappa shape index (κ2) is 12.6. The number of nitrogens with two attached hydrogens (primary N) is 2. The molecule has 1 aliphatic rings. The summed E-state index contributed by atoms with van der Waals surface area (Å²) in [6.07, 6.45) is -0.957. The number of rotatable bonds is 12. The van der Waals surface area contributed by atoms with Gasteiger partial charge in [-0.05, 0) is 49.2 Å². The number of ketones is 1. The number of para-hydroxylation sites is 1. The van der Waals surface area contributed by atoms with E-state index in [9.17, 15) is 43.8 Å². The fourth-order valence-corrected chi connectivity index (χ4v) is 5.50. The third-order valence-corrected chi connectivity index (χ3v) is 7.88. The van der Waals surface area contributed by atoms with Crippen molar-refractivity contribution in [2.45, 2.75) is 44.1 Å². The van der Waals surface area contributed by atoms with Crippen molar-refractivity contribution in [3.63, 3.8) is 0 Å². The number of anilines is 1. The monoisotopic (exact) mass is 629 g/mol. The van der Waals surface area contributed by atoms with Crippen LogP contribution in [0.25, 0.3) is 0 Å². The van der Waals surface area contributed by atoms with Crippen LogP contribution < -0.4 is 16.4 Å². The molecule has 0 bridgehead atoms. The number of carbonyl (C=O) groups is 7. The summed E-state index contributed by atoms with van der Waals surface area (Å²) < 4.78 is 0. The van der Waals surface area contributed by atoms with E-state index >= 15 is 0 Å². The molecule has 1 fully saturated rings. The van der Waals surface area contributed by atoms with Crippen molar-refractivity contribution in [3.8, 4) is 0 Å². The molecule has 5 amide bonds. The molecule has 0 spiro atoms. The van der Waals surface area contributed by atoms with Crippen LogP contribution in [0.1, 0.15) is 41.8 Å². The lowest BCUT2D eigenvalue weighted by Gasteiger charge is -2.43. The van der Waals surface area contributed by atoms with Gasteiger partial charge in [-0.3, -0.25) is 28.9 Å². The van der Waals surface area contributed by atoms with Gasteiger partial charge >= 0.3 is 18.0 Å². The summed E-state index contributed by atoms with van der Waals surface area (Å²) in [6.45, 7) is 1.88. The van der Waals surface area contributed by atoms with Crippen LogP contribution in [-0.2, 0) is 36.1 Å². The van der Waals surface area contributed by atoms with Gasteiger partial charge < -0.3 is 26.6 Å². The van der Waals surface area contributed by atoms with Crippen molar-refractivity contribution in [1.82, 2.24) is 9.80 Å². The fourth-order valence-electron chi connectivity index (χ4n) is 5.50. The molecule has 238 valence electrons. The van der Waals surface area contributed by atoms with Crippen LogP contribution in [0.4, 0.5) is 10.5 Å². The van der Waals surface area contributed by atoms with E-state index in [0.717, 1.165) is 11.8 Å². The minimum Gasteiger partial charge on any atom is -0.481 e. The number of hydrogen-bond acceptors (Lipinski definition) is 8. The molecule has 1 saturated heterocycles. The van der Waals surface area contributed by atoms with Gasteiger partial charge in [0.2, 0.25) is 11.8 Å². The Labute approximate surface area is 262 Å². The molecule has 3 aromatic rings. The number of benzene rings is 3. The number of primary amides is 1. The molecule has 0 aromatic heterocycles. The third-order valence-electron chi connectivity index (χ3n) is 7.88. The molecule has 14 nitrogen and oxygen atoms in total. The average Bonchev–Trinajstić information content (AvgIpc) is 3.20. The first kappa shape index (κ1) is 33.0. The summed E-state index contributed by atoms with van der Waals surface area (Å²) in [4.78, 5) is 95.2. The van der Waals surface area contributed by atoms with Gasteiger partial charge in [0, 0.05) is 17.8 Å². The Morgan fingerprint density at radius 3 is 1.91 bits per heavy atom. The Morgan fingerprint density at radius 1 is 0.891 bits per heavy atom. The van der Waals surface area contributed by atoms with Crippen LogP contribution in [0.5, 0.6) is 0 Å². The summed E-state index contributed by atoms with van der Waals surface area (Å²) in [5, 5.41) is 20.2. The highest BCUT2D eigenvalue weighted by Crippen LogP contribution is 2.44. The second-order valence-electron chi connectivity index (χ2n) is 10.8. The van der Waals surface area contributed by atoms with E-state index in [1.807, 2.05) is 0 Å². The van der Waals surface area contributed by atoms with Crippen molar-refractivity contribution in [2.24, 2.45) is 11.5 Å². The van der Waals surface area contributed by atoms with Gasteiger partial charge in [0.15, 0.2) is 5.78 Å². The first-order chi connectivity index (χ1) is 21.7. The highest BCUT2D eigenvalue weighted by Gasteiger charge is 2.69. The van der Waals surface area contributed by atoms with Gasteiger partial charge in [-0.1, -0.05) is 60.7 Å². The Morgan fingerprint density at radius 2 is 1.43 bits per heavy atom. The average molecular weight is 630 g/mol. The SMILES string of the molecule is CC(=O)[C@](C(=O)O)(N1C(=O)N(Cc2ccccc2)[C@@](C)(c2ccc(C(N)=O)cc2)C1=O)N(C(=O)[C@@H](N)CC(=O)O)c1ccccc1. The summed E-state index contributed by atoms with van der Waals surface area (Å²) >= 11 is 0. The van der Waals surface area contributed by atoms with Gasteiger partial charge in [-0.25, -0.2) is 14.5 Å². The molecule has 6 N–H and O–H groups in total. The van der Waals surface area contributed by atoms with E-state index < -0.39 is 65.1 Å². The molecule has 0 radical (unpaired) electrons. The number of amides is 5. The molecular weight excluding hydrogens is 598 g/mol. The minimum absolute atomic E-state index is 0.0903. The molecule has 14 heteroatoms. The topological polar surface area (TPSA) is 222 Å². The van der Waals surface area contributed by atoms with Gasteiger partial charge in [-0.15, -0.1) is 0 Å². The predicted molar refractivity (Wildman–Crippen MR) is 162 cm³/mol. The Balaban J connectivity index is 2.03. The molecule has 3 atom stereocenters. The number of urea groups is 1.